The number of hydrogen-bond acceptors (Lipinski definition) is 5. The fourth-order valence-electron chi connectivity index (χ4n) is 2.66. The topological polar surface area (TPSA) is 123 Å². The van der Waals surface area contributed by atoms with E-state index in [1.165, 1.54) is 48.6 Å². The summed E-state index contributed by atoms with van der Waals surface area (Å²) in [5.74, 6) is -0.479. The first kappa shape index (κ1) is 19.6. The Bertz CT molecular complexity index is 1110. The van der Waals surface area contributed by atoms with E-state index in [2.05, 4.69) is 5.32 Å². The second-order valence-electron chi connectivity index (χ2n) is 6.16. The lowest BCUT2D eigenvalue weighted by molar-refractivity contribution is -0.384. The number of rotatable bonds is 6. The third-order valence-corrected chi connectivity index (χ3v) is 4.11. The van der Waals surface area contributed by atoms with Gasteiger partial charge in [0.1, 0.15) is 11.5 Å². The maximum atomic E-state index is 12.0. The average molecular weight is 392 g/mol. The highest BCUT2D eigenvalue weighted by Crippen LogP contribution is 2.28. The first-order valence-electron chi connectivity index (χ1n) is 8.51. The molecule has 0 aliphatic carbocycles. The standard InChI is InChI=1S/C21H16N2O6/c1-13-12-16(23(27)28)6-9-18(13)19-10-7-17(29-19)8-11-20(24)22-15-4-2-14(3-5-15)21(25)26/h2-12H,1H3,(H,22,24)(H,25,26)/b11-8+. The number of anilines is 1. The Hall–Kier alpha value is -4.20. The number of nitrogens with one attached hydrogen (secondary N) is 1. The van der Waals surface area contributed by atoms with Crippen LogP contribution in [0.3, 0.4) is 0 Å². The number of furan rings is 1. The van der Waals surface area contributed by atoms with Crippen molar-refractivity contribution in [3.8, 4) is 11.3 Å². The van der Waals surface area contributed by atoms with Crippen LogP contribution in [-0.4, -0.2) is 21.9 Å². The number of benzene rings is 2. The van der Waals surface area contributed by atoms with Crippen molar-refractivity contribution in [1.29, 1.82) is 0 Å². The SMILES string of the molecule is Cc1cc([N+](=O)[O-])ccc1-c1ccc(/C=C/C(=O)Nc2ccc(C(=O)O)cc2)o1. The van der Waals surface area contributed by atoms with E-state index in [9.17, 15) is 19.7 Å². The molecule has 3 aromatic rings. The maximum Gasteiger partial charge on any atom is 0.335 e. The number of carboxylic acids is 1. The van der Waals surface area contributed by atoms with Gasteiger partial charge in [0.15, 0.2) is 0 Å². The van der Waals surface area contributed by atoms with Crippen molar-refractivity contribution in [2.75, 3.05) is 5.32 Å². The van der Waals surface area contributed by atoms with Crippen molar-refractivity contribution in [3.05, 3.63) is 87.7 Å². The third kappa shape index (κ3) is 4.75. The molecule has 0 saturated carbocycles. The van der Waals surface area contributed by atoms with E-state index in [0.717, 1.165) is 5.56 Å². The van der Waals surface area contributed by atoms with Gasteiger partial charge in [-0.1, -0.05) is 0 Å². The maximum absolute atomic E-state index is 12.0. The fourth-order valence-corrected chi connectivity index (χ4v) is 2.66. The third-order valence-electron chi connectivity index (χ3n) is 4.11. The Balaban J connectivity index is 1.67. The summed E-state index contributed by atoms with van der Waals surface area (Å²) in [6.07, 6.45) is 2.78. The molecule has 0 saturated heterocycles. The van der Waals surface area contributed by atoms with Gasteiger partial charge in [-0.2, -0.15) is 0 Å². The second-order valence-corrected chi connectivity index (χ2v) is 6.16. The number of non-ortho nitro benzene ring substituents is 1. The molecule has 2 aromatic carbocycles. The summed E-state index contributed by atoms with van der Waals surface area (Å²) in [6.45, 7) is 1.75. The van der Waals surface area contributed by atoms with Crippen molar-refractivity contribution < 1.29 is 24.0 Å². The van der Waals surface area contributed by atoms with Gasteiger partial charge in [-0.3, -0.25) is 14.9 Å². The number of aryl methyl sites for hydroxylation is 1. The zero-order chi connectivity index (χ0) is 21.0. The molecule has 0 spiro atoms. The fraction of sp³-hybridized carbons (Fsp3) is 0.0476. The molecule has 0 bridgehead atoms. The van der Waals surface area contributed by atoms with Crippen molar-refractivity contribution in [1.82, 2.24) is 0 Å². The number of hydrogen-bond donors (Lipinski definition) is 2. The summed E-state index contributed by atoms with van der Waals surface area (Å²) in [7, 11) is 0. The van der Waals surface area contributed by atoms with E-state index in [1.807, 2.05) is 0 Å². The minimum atomic E-state index is -1.04. The largest absolute Gasteiger partial charge is 0.478 e. The van der Waals surface area contributed by atoms with Crippen LogP contribution < -0.4 is 5.32 Å². The highest BCUT2D eigenvalue weighted by molar-refractivity contribution is 6.02. The number of aromatic carboxylic acids is 1. The molecular formula is C21H16N2O6. The Kier molecular flexibility index (Phi) is 5.54. The molecule has 0 atom stereocenters. The van der Waals surface area contributed by atoms with Crippen molar-refractivity contribution in [3.63, 3.8) is 0 Å². The zero-order valence-corrected chi connectivity index (χ0v) is 15.3. The summed E-state index contributed by atoms with van der Waals surface area (Å²) in [4.78, 5) is 33.2. The highest BCUT2D eigenvalue weighted by atomic mass is 16.6. The van der Waals surface area contributed by atoms with Crippen LogP contribution in [-0.2, 0) is 4.79 Å². The van der Waals surface area contributed by atoms with Gasteiger partial charge in [0.05, 0.1) is 10.5 Å². The molecule has 2 N–H and O–H groups in total. The number of carbonyl (C=O) groups excluding carboxylic acids is 1. The van der Waals surface area contributed by atoms with E-state index in [4.69, 9.17) is 9.52 Å². The van der Waals surface area contributed by atoms with Crippen LogP contribution in [0.15, 0.2) is 65.1 Å². The molecule has 8 nitrogen and oxygen atoms in total. The second kappa shape index (κ2) is 8.22. The zero-order valence-electron chi connectivity index (χ0n) is 15.3. The van der Waals surface area contributed by atoms with Crippen LogP contribution in [0.25, 0.3) is 17.4 Å². The van der Waals surface area contributed by atoms with Crippen LogP contribution in [0.4, 0.5) is 11.4 Å². The molecule has 1 aromatic heterocycles. The quantitative estimate of drug-likeness (QED) is 0.361. The number of carbonyl (C=O) groups is 2. The van der Waals surface area contributed by atoms with Crippen LogP contribution in [0.5, 0.6) is 0 Å². The number of nitro groups is 1. The summed E-state index contributed by atoms with van der Waals surface area (Å²) < 4.78 is 5.69. The van der Waals surface area contributed by atoms with E-state index in [-0.39, 0.29) is 11.3 Å². The van der Waals surface area contributed by atoms with Gasteiger partial charge in [0.2, 0.25) is 5.91 Å². The minimum absolute atomic E-state index is 0.00554. The lowest BCUT2D eigenvalue weighted by atomic mass is 10.1. The molecular weight excluding hydrogens is 376 g/mol. The summed E-state index contributed by atoms with van der Waals surface area (Å²) in [5, 5.41) is 22.3. The predicted molar refractivity (Wildman–Crippen MR) is 107 cm³/mol. The molecule has 0 aliphatic heterocycles. The minimum Gasteiger partial charge on any atom is -0.478 e. The van der Waals surface area contributed by atoms with Gasteiger partial charge in [0, 0.05) is 29.5 Å². The summed E-state index contributed by atoms with van der Waals surface area (Å²) in [6, 6.07) is 13.7. The predicted octanol–water partition coefficient (Wildman–Crippen LogP) is 4.51. The van der Waals surface area contributed by atoms with Crippen molar-refractivity contribution >= 4 is 29.3 Å². The van der Waals surface area contributed by atoms with Crippen LogP contribution in [0.1, 0.15) is 21.7 Å². The molecule has 0 radical (unpaired) electrons. The van der Waals surface area contributed by atoms with E-state index >= 15 is 0 Å². The van der Waals surface area contributed by atoms with Crippen LogP contribution in [0.2, 0.25) is 0 Å². The molecule has 146 valence electrons. The van der Waals surface area contributed by atoms with Gasteiger partial charge in [0.25, 0.3) is 5.69 Å². The van der Waals surface area contributed by atoms with Gasteiger partial charge in [-0.15, -0.1) is 0 Å². The first-order valence-corrected chi connectivity index (χ1v) is 8.51. The first-order chi connectivity index (χ1) is 13.8. The molecule has 3 rings (SSSR count). The normalized spacial score (nSPS) is 10.8. The molecule has 8 heteroatoms. The van der Waals surface area contributed by atoms with Gasteiger partial charge >= 0.3 is 5.97 Å². The van der Waals surface area contributed by atoms with Crippen LogP contribution >= 0.6 is 0 Å². The Morgan fingerprint density at radius 2 is 1.83 bits per heavy atom. The van der Waals surface area contributed by atoms with Gasteiger partial charge in [-0.05, 0) is 61.0 Å². The molecule has 0 unspecified atom stereocenters. The molecule has 1 amide bonds. The molecule has 0 aliphatic rings. The number of amides is 1. The summed E-state index contributed by atoms with van der Waals surface area (Å²) >= 11 is 0. The van der Waals surface area contributed by atoms with Crippen molar-refractivity contribution in [2.45, 2.75) is 6.92 Å². The number of nitro benzene ring substituents is 1. The van der Waals surface area contributed by atoms with E-state index in [1.54, 1.807) is 25.1 Å². The van der Waals surface area contributed by atoms with Crippen molar-refractivity contribution in [2.24, 2.45) is 0 Å². The summed E-state index contributed by atoms with van der Waals surface area (Å²) in [5.41, 5.74) is 2.02. The smallest absolute Gasteiger partial charge is 0.335 e. The van der Waals surface area contributed by atoms with Crippen LogP contribution in [0, 0.1) is 17.0 Å². The van der Waals surface area contributed by atoms with E-state index in [0.29, 0.717) is 22.8 Å². The lowest BCUT2D eigenvalue weighted by Gasteiger charge is -2.02. The molecule has 0 fully saturated rings. The molecule has 1 heterocycles. The Morgan fingerprint density at radius 1 is 1.10 bits per heavy atom. The lowest BCUT2D eigenvalue weighted by Crippen LogP contribution is -2.07. The average Bonchev–Trinajstić information content (AvgIpc) is 3.15. The Labute approximate surface area is 165 Å². The monoisotopic (exact) mass is 392 g/mol. The van der Waals surface area contributed by atoms with Gasteiger partial charge in [-0.25, -0.2) is 4.79 Å². The van der Waals surface area contributed by atoms with E-state index < -0.39 is 16.8 Å². The highest BCUT2D eigenvalue weighted by Gasteiger charge is 2.12. The Morgan fingerprint density at radius 3 is 2.45 bits per heavy atom. The number of carboxylic acid groups (broad SMARTS) is 1. The molecule has 29 heavy (non-hydrogen) atoms. The van der Waals surface area contributed by atoms with Gasteiger partial charge < -0.3 is 14.8 Å². The number of nitrogens with zero attached hydrogens (tertiary/aromatic N) is 1.